The first-order valence-corrected chi connectivity index (χ1v) is 6.85. The second kappa shape index (κ2) is 5.98. The Morgan fingerprint density at radius 3 is 2.47 bits per heavy atom. The fourth-order valence-corrected chi connectivity index (χ4v) is 2.15. The molecule has 0 saturated carbocycles. The van der Waals surface area contributed by atoms with Crippen molar-refractivity contribution in [3.63, 3.8) is 0 Å². The number of hydrogen-bond donors (Lipinski definition) is 2. The van der Waals surface area contributed by atoms with E-state index >= 15 is 0 Å². The van der Waals surface area contributed by atoms with Gasteiger partial charge in [-0.1, -0.05) is 48.8 Å². The normalized spacial score (nSPS) is 13.8. The summed E-state index contributed by atoms with van der Waals surface area (Å²) in [6.45, 7) is 8.86. The fraction of sp³-hybridized carbons (Fsp3) is 0.571. The van der Waals surface area contributed by atoms with E-state index in [9.17, 15) is 0 Å². The van der Waals surface area contributed by atoms with Crippen molar-refractivity contribution in [2.24, 2.45) is 11.3 Å². The Morgan fingerprint density at radius 1 is 1.35 bits per heavy atom. The van der Waals surface area contributed by atoms with Gasteiger partial charge in [0.25, 0.3) is 0 Å². The van der Waals surface area contributed by atoms with Crippen LogP contribution in [-0.4, -0.2) is 0 Å². The average molecular weight is 299 g/mol. The zero-order valence-corrected chi connectivity index (χ0v) is 12.8. The second-order valence-electron chi connectivity index (χ2n) is 5.83. The molecule has 2 nitrogen and oxygen atoms in total. The second-order valence-corrected chi connectivity index (χ2v) is 6.68. The van der Waals surface area contributed by atoms with E-state index in [2.05, 4.69) is 67.2 Å². The SMILES string of the molecule is Cc1ccc(C(CCC(C)(C)C)NN)cc1Br. The molecule has 1 atom stereocenters. The van der Waals surface area contributed by atoms with Gasteiger partial charge in [-0.25, -0.2) is 0 Å². The van der Waals surface area contributed by atoms with Crippen LogP contribution < -0.4 is 11.3 Å². The third-order valence-corrected chi connectivity index (χ3v) is 3.84. The van der Waals surface area contributed by atoms with Crippen molar-refractivity contribution in [2.45, 2.75) is 46.6 Å². The summed E-state index contributed by atoms with van der Waals surface area (Å²) in [5.74, 6) is 5.66. The van der Waals surface area contributed by atoms with Crippen LogP contribution in [0.4, 0.5) is 0 Å². The van der Waals surface area contributed by atoms with E-state index in [0.29, 0.717) is 5.41 Å². The van der Waals surface area contributed by atoms with Crippen molar-refractivity contribution in [1.82, 2.24) is 5.43 Å². The van der Waals surface area contributed by atoms with Crippen LogP contribution in [0.3, 0.4) is 0 Å². The van der Waals surface area contributed by atoms with Gasteiger partial charge in [0.2, 0.25) is 0 Å². The van der Waals surface area contributed by atoms with E-state index in [1.807, 2.05) is 0 Å². The molecule has 1 aromatic rings. The molecule has 17 heavy (non-hydrogen) atoms. The maximum absolute atomic E-state index is 5.66. The smallest absolute Gasteiger partial charge is 0.0460 e. The zero-order chi connectivity index (χ0) is 13.1. The summed E-state index contributed by atoms with van der Waals surface area (Å²) < 4.78 is 1.14. The van der Waals surface area contributed by atoms with Crippen LogP contribution in [0.2, 0.25) is 0 Å². The van der Waals surface area contributed by atoms with Gasteiger partial charge in [0, 0.05) is 10.5 Å². The highest BCUT2D eigenvalue weighted by Gasteiger charge is 2.16. The molecule has 0 aliphatic carbocycles. The molecular formula is C14H23BrN2. The lowest BCUT2D eigenvalue weighted by atomic mass is 9.87. The molecule has 96 valence electrons. The Bertz CT molecular complexity index is 369. The van der Waals surface area contributed by atoms with Crippen LogP contribution in [0, 0.1) is 12.3 Å². The van der Waals surface area contributed by atoms with Gasteiger partial charge in [-0.15, -0.1) is 0 Å². The van der Waals surface area contributed by atoms with Gasteiger partial charge < -0.3 is 0 Å². The highest BCUT2D eigenvalue weighted by atomic mass is 79.9. The lowest BCUT2D eigenvalue weighted by Crippen LogP contribution is -2.29. The number of aryl methyl sites for hydroxylation is 1. The number of rotatable bonds is 4. The minimum atomic E-state index is 0.228. The monoisotopic (exact) mass is 298 g/mol. The van der Waals surface area contributed by atoms with Crippen LogP contribution in [0.25, 0.3) is 0 Å². The van der Waals surface area contributed by atoms with Crippen molar-refractivity contribution in [1.29, 1.82) is 0 Å². The van der Waals surface area contributed by atoms with E-state index in [1.54, 1.807) is 0 Å². The van der Waals surface area contributed by atoms with Gasteiger partial charge in [-0.2, -0.15) is 0 Å². The Kier molecular flexibility index (Phi) is 5.17. The summed E-state index contributed by atoms with van der Waals surface area (Å²) in [4.78, 5) is 0. The van der Waals surface area contributed by atoms with E-state index in [1.165, 1.54) is 11.1 Å². The zero-order valence-electron chi connectivity index (χ0n) is 11.2. The number of nitrogens with two attached hydrogens (primary N) is 1. The van der Waals surface area contributed by atoms with Gasteiger partial charge in [0.05, 0.1) is 0 Å². The number of hydrazine groups is 1. The molecule has 0 radical (unpaired) electrons. The quantitative estimate of drug-likeness (QED) is 0.649. The van der Waals surface area contributed by atoms with E-state index in [4.69, 9.17) is 5.84 Å². The number of benzene rings is 1. The molecule has 0 saturated heterocycles. The Morgan fingerprint density at radius 2 is 2.00 bits per heavy atom. The molecule has 0 aromatic heterocycles. The third-order valence-electron chi connectivity index (χ3n) is 2.98. The first kappa shape index (κ1) is 14.7. The minimum Gasteiger partial charge on any atom is -0.271 e. The summed E-state index contributed by atoms with van der Waals surface area (Å²) in [5, 5.41) is 0. The molecule has 0 aliphatic heterocycles. The highest BCUT2D eigenvalue weighted by molar-refractivity contribution is 9.10. The summed E-state index contributed by atoms with van der Waals surface area (Å²) in [7, 11) is 0. The molecule has 0 bridgehead atoms. The predicted molar refractivity (Wildman–Crippen MR) is 77.6 cm³/mol. The first-order chi connectivity index (χ1) is 7.83. The van der Waals surface area contributed by atoms with Gasteiger partial charge >= 0.3 is 0 Å². The molecule has 0 amide bonds. The fourth-order valence-electron chi connectivity index (χ4n) is 1.75. The molecule has 1 rings (SSSR count). The Hall–Kier alpha value is -0.380. The topological polar surface area (TPSA) is 38.0 Å². The average Bonchev–Trinajstić information content (AvgIpc) is 2.22. The van der Waals surface area contributed by atoms with Crippen LogP contribution in [0.15, 0.2) is 22.7 Å². The van der Waals surface area contributed by atoms with Crippen LogP contribution in [-0.2, 0) is 0 Å². The van der Waals surface area contributed by atoms with Gasteiger partial charge in [-0.3, -0.25) is 11.3 Å². The molecular weight excluding hydrogens is 276 g/mol. The summed E-state index contributed by atoms with van der Waals surface area (Å²) in [6.07, 6.45) is 2.20. The molecule has 0 aliphatic rings. The van der Waals surface area contributed by atoms with E-state index < -0.39 is 0 Å². The van der Waals surface area contributed by atoms with E-state index in [-0.39, 0.29) is 6.04 Å². The molecule has 0 fully saturated rings. The standard InChI is InChI=1S/C14H23BrN2/c1-10-5-6-11(9-12(10)15)13(17-16)7-8-14(2,3)4/h5-6,9,13,17H,7-8,16H2,1-4H3. The molecule has 0 spiro atoms. The predicted octanol–water partition coefficient (Wildman–Crippen LogP) is 4.09. The number of nitrogens with one attached hydrogen (secondary N) is 1. The molecule has 1 aromatic carbocycles. The van der Waals surface area contributed by atoms with Crippen molar-refractivity contribution in [2.75, 3.05) is 0 Å². The van der Waals surface area contributed by atoms with E-state index in [0.717, 1.165) is 17.3 Å². The largest absolute Gasteiger partial charge is 0.271 e. The van der Waals surface area contributed by atoms with Crippen LogP contribution in [0.5, 0.6) is 0 Å². The summed E-state index contributed by atoms with van der Waals surface area (Å²) >= 11 is 3.57. The lowest BCUT2D eigenvalue weighted by molar-refractivity contribution is 0.333. The van der Waals surface area contributed by atoms with Crippen molar-refractivity contribution < 1.29 is 0 Å². The highest BCUT2D eigenvalue weighted by Crippen LogP contribution is 2.28. The maximum atomic E-state index is 5.66. The molecule has 1 unspecified atom stereocenters. The van der Waals surface area contributed by atoms with Crippen LogP contribution in [0.1, 0.15) is 50.8 Å². The molecule has 0 heterocycles. The molecule has 3 N–H and O–H groups in total. The van der Waals surface area contributed by atoms with Gasteiger partial charge in [-0.05, 0) is 42.4 Å². The maximum Gasteiger partial charge on any atom is 0.0460 e. The van der Waals surface area contributed by atoms with Crippen molar-refractivity contribution in [3.8, 4) is 0 Å². The molecule has 3 heteroatoms. The van der Waals surface area contributed by atoms with Gasteiger partial charge in [0.1, 0.15) is 0 Å². The third kappa shape index (κ3) is 4.78. The van der Waals surface area contributed by atoms with Crippen molar-refractivity contribution >= 4 is 15.9 Å². The summed E-state index contributed by atoms with van der Waals surface area (Å²) in [6, 6.07) is 6.66. The van der Waals surface area contributed by atoms with Gasteiger partial charge in [0.15, 0.2) is 0 Å². The minimum absolute atomic E-state index is 0.228. The summed E-state index contributed by atoms with van der Waals surface area (Å²) in [5.41, 5.74) is 5.76. The lowest BCUT2D eigenvalue weighted by Gasteiger charge is -2.23. The number of halogens is 1. The Labute approximate surface area is 113 Å². The number of hydrogen-bond acceptors (Lipinski definition) is 2. The van der Waals surface area contributed by atoms with Crippen molar-refractivity contribution in [3.05, 3.63) is 33.8 Å². The first-order valence-electron chi connectivity index (χ1n) is 6.05. The van der Waals surface area contributed by atoms with Crippen LogP contribution >= 0.6 is 15.9 Å². The Balaban J connectivity index is 2.76.